The maximum atomic E-state index is 10.8. The third-order valence-corrected chi connectivity index (χ3v) is 2.62. The first-order valence-corrected chi connectivity index (χ1v) is 5.32. The largest absolute Gasteiger partial charge is 0.472 e. The van der Waals surface area contributed by atoms with Crippen LogP contribution >= 0.6 is 0 Å². The molecule has 1 saturated heterocycles. The summed E-state index contributed by atoms with van der Waals surface area (Å²) in [5.41, 5.74) is 0.594. The van der Waals surface area contributed by atoms with Crippen LogP contribution in [-0.4, -0.2) is 29.7 Å². The Morgan fingerprint density at radius 3 is 2.88 bits per heavy atom. The molecular weight excluding hydrogens is 224 g/mol. The maximum Gasteiger partial charge on any atom is 0.331 e. The number of nitrogens with zero attached hydrogens (tertiary/aromatic N) is 2. The minimum absolute atomic E-state index is 0.0551. The molecule has 6 nitrogen and oxygen atoms in total. The van der Waals surface area contributed by atoms with Crippen molar-refractivity contribution >= 4 is 5.69 Å². The van der Waals surface area contributed by atoms with E-state index in [9.17, 15) is 10.1 Å². The van der Waals surface area contributed by atoms with Gasteiger partial charge in [0.25, 0.3) is 5.88 Å². The molecule has 1 aromatic rings. The Hall–Kier alpha value is -1.69. The Morgan fingerprint density at radius 2 is 2.35 bits per heavy atom. The fourth-order valence-corrected chi connectivity index (χ4v) is 1.56. The van der Waals surface area contributed by atoms with E-state index in [1.54, 1.807) is 13.1 Å². The fourth-order valence-electron chi connectivity index (χ4n) is 1.56. The van der Waals surface area contributed by atoms with Gasteiger partial charge >= 0.3 is 5.69 Å². The lowest BCUT2D eigenvalue weighted by atomic mass is 9.90. The van der Waals surface area contributed by atoms with Gasteiger partial charge < -0.3 is 9.47 Å². The maximum absolute atomic E-state index is 10.8. The molecule has 0 amide bonds. The number of hydrogen-bond donors (Lipinski definition) is 0. The van der Waals surface area contributed by atoms with Gasteiger partial charge in [0, 0.05) is 17.7 Å². The third-order valence-electron chi connectivity index (χ3n) is 2.62. The van der Waals surface area contributed by atoms with E-state index < -0.39 is 4.92 Å². The second-order valence-corrected chi connectivity index (χ2v) is 4.69. The van der Waals surface area contributed by atoms with E-state index >= 15 is 0 Å². The monoisotopic (exact) mass is 238 g/mol. The zero-order valence-electron chi connectivity index (χ0n) is 9.80. The van der Waals surface area contributed by atoms with Crippen molar-refractivity contribution in [2.75, 3.05) is 19.8 Å². The highest BCUT2D eigenvalue weighted by Crippen LogP contribution is 2.30. The van der Waals surface area contributed by atoms with Crippen LogP contribution in [0.1, 0.15) is 12.5 Å². The van der Waals surface area contributed by atoms with Crippen LogP contribution in [0.5, 0.6) is 5.88 Å². The van der Waals surface area contributed by atoms with Crippen LogP contribution < -0.4 is 4.74 Å². The normalized spacial score (nSPS) is 17.3. The SMILES string of the molecule is Cc1cnc(OCC2(C)COC2)c([N+](=O)[O-])c1. The molecule has 1 aliphatic heterocycles. The average Bonchev–Trinajstić information content (AvgIpc) is 2.24. The Balaban J connectivity index is 2.12. The molecule has 6 heteroatoms. The molecule has 0 N–H and O–H groups in total. The number of rotatable bonds is 4. The van der Waals surface area contributed by atoms with Crippen LogP contribution in [0.3, 0.4) is 0 Å². The molecule has 2 heterocycles. The second-order valence-electron chi connectivity index (χ2n) is 4.69. The molecule has 0 radical (unpaired) electrons. The first-order valence-electron chi connectivity index (χ1n) is 5.32. The molecule has 0 spiro atoms. The van der Waals surface area contributed by atoms with E-state index in [1.165, 1.54) is 6.07 Å². The minimum atomic E-state index is -0.477. The molecule has 1 fully saturated rings. The van der Waals surface area contributed by atoms with Gasteiger partial charge in [0.2, 0.25) is 0 Å². The molecule has 0 bridgehead atoms. The summed E-state index contributed by atoms with van der Waals surface area (Å²) in [4.78, 5) is 14.3. The van der Waals surface area contributed by atoms with Gasteiger partial charge in [-0.05, 0) is 12.5 Å². The fraction of sp³-hybridized carbons (Fsp3) is 0.545. The summed E-state index contributed by atoms with van der Waals surface area (Å²) in [6.07, 6.45) is 1.56. The van der Waals surface area contributed by atoms with E-state index in [1.807, 2.05) is 6.92 Å². The van der Waals surface area contributed by atoms with Crippen molar-refractivity contribution in [2.45, 2.75) is 13.8 Å². The van der Waals surface area contributed by atoms with Crippen molar-refractivity contribution in [1.82, 2.24) is 4.98 Å². The van der Waals surface area contributed by atoms with Gasteiger partial charge in [-0.25, -0.2) is 4.98 Å². The molecule has 1 aromatic heterocycles. The molecule has 0 aliphatic carbocycles. The topological polar surface area (TPSA) is 74.5 Å². The first kappa shape index (κ1) is 11.8. The van der Waals surface area contributed by atoms with E-state index in [0.29, 0.717) is 19.8 Å². The second kappa shape index (κ2) is 4.29. The predicted octanol–water partition coefficient (Wildman–Crippen LogP) is 1.71. The quantitative estimate of drug-likeness (QED) is 0.589. The number of pyridine rings is 1. The predicted molar refractivity (Wildman–Crippen MR) is 60.0 cm³/mol. The lowest BCUT2D eigenvalue weighted by molar-refractivity contribution is -0.386. The number of ether oxygens (including phenoxy) is 2. The third kappa shape index (κ3) is 2.52. The van der Waals surface area contributed by atoms with Crippen LogP contribution in [-0.2, 0) is 4.74 Å². The van der Waals surface area contributed by atoms with Crippen LogP contribution in [0, 0.1) is 22.5 Å². The molecule has 1 aliphatic rings. The van der Waals surface area contributed by atoms with Crippen molar-refractivity contribution in [3.8, 4) is 5.88 Å². The van der Waals surface area contributed by atoms with Crippen molar-refractivity contribution in [3.05, 3.63) is 27.9 Å². The van der Waals surface area contributed by atoms with Gasteiger partial charge in [-0.1, -0.05) is 6.92 Å². The van der Waals surface area contributed by atoms with Crippen LogP contribution in [0.4, 0.5) is 5.69 Å². The summed E-state index contributed by atoms with van der Waals surface area (Å²) in [5, 5.41) is 10.8. The van der Waals surface area contributed by atoms with Gasteiger partial charge in [0.05, 0.1) is 24.7 Å². The lowest BCUT2D eigenvalue weighted by Gasteiger charge is -2.37. The summed E-state index contributed by atoms with van der Waals surface area (Å²) < 4.78 is 10.5. The molecule has 0 aromatic carbocycles. The molecule has 17 heavy (non-hydrogen) atoms. The number of aryl methyl sites for hydroxylation is 1. The van der Waals surface area contributed by atoms with E-state index in [0.717, 1.165) is 5.56 Å². The van der Waals surface area contributed by atoms with Crippen molar-refractivity contribution < 1.29 is 14.4 Å². The molecule has 2 rings (SSSR count). The van der Waals surface area contributed by atoms with Crippen molar-refractivity contribution in [2.24, 2.45) is 5.41 Å². The van der Waals surface area contributed by atoms with Gasteiger partial charge in [0.15, 0.2) is 0 Å². The Labute approximate surface area is 98.7 Å². The van der Waals surface area contributed by atoms with E-state index in [2.05, 4.69) is 4.98 Å². The number of nitro groups is 1. The Morgan fingerprint density at radius 1 is 1.65 bits per heavy atom. The lowest BCUT2D eigenvalue weighted by Crippen LogP contribution is -2.44. The van der Waals surface area contributed by atoms with E-state index in [-0.39, 0.29) is 17.0 Å². The summed E-state index contributed by atoms with van der Waals surface area (Å²) in [6.45, 7) is 5.38. The highest BCUT2D eigenvalue weighted by molar-refractivity contribution is 5.42. The zero-order chi connectivity index (χ0) is 12.5. The smallest absolute Gasteiger partial charge is 0.331 e. The summed E-state index contributed by atoms with van der Waals surface area (Å²) in [5.74, 6) is 0.0775. The van der Waals surface area contributed by atoms with Crippen molar-refractivity contribution in [1.29, 1.82) is 0 Å². The van der Waals surface area contributed by atoms with Gasteiger partial charge in [0.1, 0.15) is 0 Å². The number of aromatic nitrogens is 1. The molecule has 92 valence electrons. The Kier molecular flexibility index (Phi) is 2.97. The van der Waals surface area contributed by atoms with Gasteiger partial charge in [-0.3, -0.25) is 10.1 Å². The molecule has 0 unspecified atom stereocenters. The first-order chi connectivity index (χ1) is 8.00. The summed E-state index contributed by atoms with van der Waals surface area (Å²) in [6, 6.07) is 1.46. The highest BCUT2D eigenvalue weighted by atomic mass is 16.6. The van der Waals surface area contributed by atoms with Gasteiger partial charge in [-0.2, -0.15) is 0 Å². The Bertz CT molecular complexity index is 443. The molecule has 0 saturated carbocycles. The van der Waals surface area contributed by atoms with Crippen LogP contribution in [0.15, 0.2) is 12.3 Å². The van der Waals surface area contributed by atoms with Crippen LogP contribution in [0.25, 0.3) is 0 Å². The molecular formula is C11H14N2O4. The summed E-state index contributed by atoms with van der Waals surface area (Å²) in [7, 11) is 0. The number of hydrogen-bond acceptors (Lipinski definition) is 5. The van der Waals surface area contributed by atoms with Crippen molar-refractivity contribution in [3.63, 3.8) is 0 Å². The van der Waals surface area contributed by atoms with Gasteiger partial charge in [-0.15, -0.1) is 0 Å². The summed E-state index contributed by atoms with van der Waals surface area (Å²) >= 11 is 0. The highest BCUT2D eigenvalue weighted by Gasteiger charge is 2.35. The van der Waals surface area contributed by atoms with Crippen LogP contribution in [0.2, 0.25) is 0 Å². The standard InChI is InChI=1S/C11H14N2O4/c1-8-3-9(13(14)15)10(12-4-8)17-7-11(2)5-16-6-11/h3-4H,5-7H2,1-2H3. The zero-order valence-corrected chi connectivity index (χ0v) is 9.80. The molecule has 0 atom stereocenters. The minimum Gasteiger partial charge on any atom is -0.472 e. The average molecular weight is 238 g/mol. The van der Waals surface area contributed by atoms with E-state index in [4.69, 9.17) is 9.47 Å².